The molecular weight excluding hydrogens is 603 g/mol. The molecule has 0 unspecified atom stereocenters. The van der Waals surface area contributed by atoms with Crippen molar-refractivity contribution >= 4 is 23.4 Å². The highest BCUT2D eigenvalue weighted by Gasteiger charge is 2.44. The number of ether oxygens (including phenoxy) is 2. The number of carbonyl (C=O) groups excluding carboxylic acids is 1. The Morgan fingerprint density at radius 3 is 2.07 bits per heavy atom. The second kappa shape index (κ2) is 18.7. The van der Waals surface area contributed by atoms with Crippen molar-refractivity contribution in [2.24, 2.45) is 11.8 Å². The second-order valence-corrected chi connectivity index (χ2v) is 12.5. The molecule has 2 aromatic rings. The molecule has 4 N–H and O–H groups in total. The number of anilines is 2. The molecule has 3 rings (SSSR count). The van der Waals surface area contributed by atoms with Crippen molar-refractivity contribution in [3.8, 4) is 5.75 Å². The molecule has 256 valence electrons. The molecular formula is C36H49F5N2O3. The number of hydrogen-bond donors (Lipinski definition) is 2. The first kappa shape index (κ1) is 37.2. The number of unbranched alkanes of at least 4 members (excludes halogenated alkanes) is 7. The molecule has 0 saturated heterocycles. The molecule has 0 aromatic heterocycles. The van der Waals surface area contributed by atoms with E-state index in [2.05, 4.69) is 0 Å². The average molecular weight is 653 g/mol. The number of rotatable bonds is 19. The van der Waals surface area contributed by atoms with E-state index in [1.165, 1.54) is 31.1 Å². The van der Waals surface area contributed by atoms with Crippen molar-refractivity contribution in [3.05, 3.63) is 59.7 Å². The normalized spacial score (nSPS) is 17.3. The van der Waals surface area contributed by atoms with Gasteiger partial charge >= 0.3 is 18.3 Å². The zero-order chi connectivity index (χ0) is 33.4. The van der Waals surface area contributed by atoms with Crippen LogP contribution >= 0.6 is 0 Å². The lowest BCUT2D eigenvalue weighted by Crippen LogP contribution is -2.37. The molecule has 1 fully saturated rings. The number of halogens is 5. The van der Waals surface area contributed by atoms with E-state index in [0.717, 1.165) is 56.2 Å². The van der Waals surface area contributed by atoms with Crippen LogP contribution < -0.4 is 16.2 Å². The SMILES string of the molecule is Nc1ccc(CCCCCCCCCCOC(=O)/C=C/c2ccc(OC(F)(F)C3CCC(CCCC(F)(F)F)CC3)cc2)c(N)c1. The van der Waals surface area contributed by atoms with Crippen LogP contribution in [-0.2, 0) is 16.0 Å². The monoisotopic (exact) mass is 652 g/mol. The molecule has 0 atom stereocenters. The number of carbonyl (C=O) groups is 1. The predicted octanol–water partition coefficient (Wildman–Crippen LogP) is 10.3. The van der Waals surface area contributed by atoms with Crippen LogP contribution in [0.5, 0.6) is 5.75 Å². The Kier molecular flexibility index (Phi) is 15.1. The van der Waals surface area contributed by atoms with Gasteiger partial charge in [-0.05, 0) is 98.8 Å². The van der Waals surface area contributed by atoms with Crippen molar-refractivity contribution in [2.75, 3.05) is 18.1 Å². The van der Waals surface area contributed by atoms with Crippen LogP contribution in [-0.4, -0.2) is 24.9 Å². The van der Waals surface area contributed by atoms with Gasteiger partial charge in [0.1, 0.15) is 5.75 Å². The first-order valence-corrected chi connectivity index (χ1v) is 16.6. The third kappa shape index (κ3) is 14.4. The molecule has 0 amide bonds. The van der Waals surface area contributed by atoms with Crippen molar-refractivity contribution in [1.82, 2.24) is 0 Å². The van der Waals surface area contributed by atoms with Gasteiger partial charge in [0.15, 0.2) is 0 Å². The van der Waals surface area contributed by atoms with E-state index in [0.29, 0.717) is 37.1 Å². The summed E-state index contributed by atoms with van der Waals surface area (Å²) in [6.07, 6.45) is 5.99. The molecule has 0 bridgehead atoms. The lowest BCUT2D eigenvalue weighted by atomic mass is 9.79. The number of esters is 1. The quantitative estimate of drug-likeness (QED) is 0.0518. The summed E-state index contributed by atoms with van der Waals surface area (Å²) in [5.41, 5.74) is 15.0. The second-order valence-electron chi connectivity index (χ2n) is 12.5. The number of nitrogen functional groups attached to an aromatic ring is 2. The summed E-state index contributed by atoms with van der Waals surface area (Å²) in [6.45, 7) is 0.351. The van der Waals surface area contributed by atoms with Gasteiger partial charge in [-0.25, -0.2) is 4.79 Å². The molecule has 10 heteroatoms. The van der Waals surface area contributed by atoms with E-state index >= 15 is 0 Å². The van der Waals surface area contributed by atoms with E-state index in [1.54, 1.807) is 18.2 Å². The van der Waals surface area contributed by atoms with Gasteiger partial charge in [-0.3, -0.25) is 0 Å². The fourth-order valence-electron chi connectivity index (χ4n) is 5.97. The molecule has 5 nitrogen and oxygen atoms in total. The van der Waals surface area contributed by atoms with Crippen LogP contribution in [0.25, 0.3) is 6.08 Å². The molecule has 0 spiro atoms. The summed E-state index contributed by atoms with van der Waals surface area (Å²) in [4.78, 5) is 12.1. The highest BCUT2D eigenvalue weighted by atomic mass is 19.4. The number of alkyl halides is 5. The van der Waals surface area contributed by atoms with Crippen molar-refractivity contribution in [2.45, 2.75) is 115 Å². The Labute approximate surface area is 269 Å². The zero-order valence-electron chi connectivity index (χ0n) is 26.6. The minimum Gasteiger partial charge on any atom is -0.463 e. The number of aryl methyl sites for hydroxylation is 1. The van der Waals surface area contributed by atoms with Gasteiger partial charge < -0.3 is 20.9 Å². The van der Waals surface area contributed by atoms with E-state index < -0.39 is 30.6 Å². The largest absolute Gasteiger partial charge is 0.463 e. The minimum absolute atomic E-state index is 0.0142. The standard InChI is InChI=1S/C36H49F5N2O3/c37-35(38,39)24-9-10-27-12-18-30(19-13-27)36(40,41)46-32-21-14-28(15-22-32)16-23-34(44)45-25-8-6-4-2-1-3-5-7-11-29-17-20-31(42)26-33(29)43/h14-17,20-23,26-27,30H,1-13,18-19,24-25,42-43H2/b23-16+. The van der Waals surface area contributed by atoms with E-state index in [4.69, 9.17) is 20.9 Å². The maximum atomic E-state index is 14.8. The van der Waals surface area contributed by atoms with Crippen LogP contribution in [0.1, 0.15) is 107 Å². The van der Waals surface area contributed by atoms with Gasteiger partial charge in [0, 0.05) is 23.9 Å². The van der Waals surface area contributed by atoms with Crippen molar-refractivity contribution < 1.29 is 36.2 Å². The summed E-state index contributed by atoms with van der Waals surface area (Å²) >= 11 is 0. The highest BCUT2D eigenvalue weighted by molar-refractivity contribution is 5.87. The Morgan fingerprint density at radius 1 is 0.804 bits per heavy atom. The summed E-state index contributed by atoms with van der Waals surface area (Å²) in [5.74, 6) is -1.37. The van der Waals surface area contributed by atoms with E-state index in [-0.39, 0.29) is 30.9 Å². The van der Waals surface area contributed by atoms with E-state index in [9.17, 15) is 26.7 Å². The number of hydrogen-bond acceptors (Lipinski definition) is 5. The third-order valence-corrected chi connectivity index (χ3v) is 8.70. The lowest BCUT2D eigenvalue weighted by molar-refractivity contribution is -0.223. The molecule has 1 aliphatic carbocycles. The molecule has 2 aromatic carbocycles. The van der Waals surface area contributed by atoms with Crippen molar-refractivity contribution in [3.63, 3.8) is 0 Å². The van der Waals surface area contributed by atoms with Gasteiger partial charge in [-0.1, -0.05) is 63.1 Å². The molecule has 0 heterocycles. The van der Waals surface area contributed by atoms with Crippen LogP contribution in [0.3, 0.4) is 0 Å². The molecule has 1 saturated carbocycles. The average Bonchev–Trinajstić information content (AvgIpc) is 3.00. The van der Waals surface area contributed by atoms with Gasteiger partial charge in [-0.2, -0.15) is 22.0 Å². The van der Waals surface area contributed by atoms with Crippen LogP contribution in [0.15, 0.2) is 48.5 Å². The predicted molar refractivity (Wildman–Crippen MR) is 173 cm³/mol. The Hall–Kier alpha value is -3.30. The minimum atomic E-state index is -4.18. The number of nitrogens with two attached hydrogens (primary N) is 2. The fourth-order valence-corrected chi connectivity index (χ4v) is 5.97. The van der Waals surface area contributed by atoms with Crippen LogP contribution in [0.2, 0.25) is 0 Å². The summed E-state index contributed by atoms with van der Waals surface area (Å²) in [6, 6.07) is 11.7. The molecule has 1 aliphatic rings. The first-order valence-electron chi connectivity index (χ1n) is 16.6. The van der Waals surface area contributed by atoms with Gasteiger partial charge in [0.05, 0.1) is 12.5 Å². The maximum Gasteiger partial charge on any atom is 0.400 e. The topological polar surface area (TPSA) is 87.6 Å². The summed E-state index contributed by atoms with van der Waals surface area (Å²) < 4.78 is 76.9. The summed E-state index contributed by atoms with van der Waals surface area (Å²) in [5, 5.41) is 0. The van der Waals surface area contributed by atoms with Crippen molar-refractivity contribution in [1.29, 1.82) is 0 Å². The molecule has 0 aliphatic heterocycles. The number of benzene rings is 2. The highest BCUT2D eigenvalue weighted by Crippen LogP contribution is 2.41. The summed E-state index contributed by atoms with van der Waals surface area (Å²) in [7, 11) is 0. The Morgan fingerprint density at radius 2 is 1.43 bits per heavy atom. The van der Waals surface area contributed by atoms with Gasteiger partial charge in [-0.15, -0.1) is 0 Å². The molecule has 46 heavy (non-hydrogen) atoms. The molecule has 0 radical (unpaired) electrons. The Balaban J connectivity index is 1.22. The Bertz CT molecular complexity index is 1210. The van der Waals surface area contributed by atoms with Crippen LogP contribution in [0.4, 0.5) is 33.3 Å². The first-order chi connectivity index (χ1) is 21.9. The van der Waals surface area contributed by atoms with Gasteiger partial charge in [0.25, 0.3) is 0 Å². The van der Waals surface area contributed by atoms with Crippen LogP contribution in [0, 0.1) is 11.8 Å². The zero-order valence-corrected chi connectivity index (χ0v) is 26.6. The fraction of sp³-hybridized carbons (Fsp3) is 0.583. The smallest absolute Gasteiger partial charge is 0.400 e. The lowest BCUT2D eigenvalue weighted by Gasteiger charge is -2.33. The maximum absolute atomic E-state index is 14.8. The third-order valence-electron chi connectivity index (χ3n) is 8.70. The van der Waals surface area contributed by atoms with E-state index in [1.807, 2.05) is 18.2 Å². The van der Waals surface area contributed by atoms with Gasteiger partial charge in [0.2, 0.25) is 0 Å².